The third-order valence-electron chi connectivity index (χ3n) is 5.50. The number of nitro benzene ring substituents is 1. The molecule has 1 N–H and O–H groups in total. The number of nitro groups is 1. The molecule has 172 valence electrons. The van der Waals surface area contributed by atoms with Gasteiger partial charge >= 0.3 is 6.03 Å². The number of hydrogen-bond donors (Lipinski definition) is 1. The van der Waals surface area contributed by atoms with Crippen molar-refractivity contribution in [1.82, 2.24) is 9.88 Å². The van der Waals surface area contributed by atoms with Gasteiger partial charge in [-0.15, -0.1) is 0 Å². The number of imide groups is 2. The van der Waals surface area contributed by atoms with E-state index in [2.05, 4.69) is 5.32 Å². The van der Waals surface area contributed by atoms with Crippen LogP contribution in [0.1, 0.15) is 17.0 Å². The van der Waals surface area contributed by atoms with Gasteiger partial charge in [0.25, 0.3) is 17.5 Å². The second kappa shape index (κ2) is 8.66. The molecule has 0 radical (unpaired) electrons. The number of methoxy groups -OCH3 is 1. The lowest BCUT2D eigenvalue weighted by molar-refractivity contribution is -0.384. The Morgan fingerprint density at radius 1 is 1.00 bits per heavy atom. The van der Waals surface area contributed by atoms with Crippen molar-refractivity contribution in [1.29, 1.82) is 0 Å². The summed E-state index contributed by atoms with van der Waals surface area (Å²) in [6, 6.07) is 13.3. The minimum atomic E-state index is -0.848. The van der Waals surface area contributed by atoms with Crippen LogP contribution < -0.4 is 15.0 Å². The number of rotatable bonds is 5. The first-order chi connectivity index (χ1) is 16.2. The molecule has 0 saturated carbocycles. The van der Waals surface area contributed by atoms with E-state index in [1.54, 1.807) is 41.8 Å². The molecule has 0 unspecified atom stereocenters. The van der Waals surface area contributed by atoms with Crippen molar-refractivity contribution in [2.24, 2.45) is 0 Å². The zero-order valence-electron chi connectivity index (χ0n) is 18.6. The first kappa shape index (κ1) is 22.5. The number of aromatic nitrogens is 1. The molecule has 1 aliphatic heterocycles. The molecule has 1 aliphatic rings. The highest BCUT2D eigenvalue weighted by Gasteiger charge is 2.37. The average Bonchev–Trinajstić information content (AvgIpc) is 3.09. The van der Waals surface area contributed by atoms with Crippen LogP contribution >= 0.6 is 0 Å². The van der Waals surface area contributed by atoms with Crippen molar-refractivity contribution in [2.45, 2.75) is 13.8 Å². The molecule has 2 heterocycles. The maximum Gasteiger partial charge on any atom is 0.335 e. The van der Waals surface area contributed by atoms with Gasteiger partial charge in [0, 0.05) is 23.5 Å². The molecule has 0 bridgehead atoms. The van der Waals surface area contributed by atoms with Gasteiger partial charge in [-0.2, -0.15) is 0 Å². The van der Waals surface area contributed by atoms with Crippen LogP contribution in [0, 0.1) is 24.0 Å². The Morgan fingerprint density at radius 2 is 1.71 bits per heavy atom. The molecule has 3 aromatic rings. The van der Waals surface area contributed by atoms with E-state index in [0.717, 1.165) is 10.6 Å². The van der Waals surface area contributed by atoms with Crippen molar-refractivity contribution >= 4 is 35.3 Å². The molecular formula is C24H20N4O6. The SMILES string of the molecule is COc1ccc(N2C(=O)NC(=O)/C(=C\c3cc(C)n(-c4cccc([N+](=O)[O-])c4)c3C)C2=O)cc1. The number of carbonyl (C=O) groups is 3. The minimum absolute atomic E-state index is 0.0552. The summed E-state index contributed by atoms with van der Waals surface area (Å²) in [4.78, 5) is 49.7. The molecule has 10 heteroatoms. The second-order valence-corrected chi connectivity index (χ2v) is 7.59. The second-order valence-electron chi connectivity index (χ2n) is 7.59. The number of barbiturate groups is 1. The summed E-state index contributed by atoms with van der Waals surface area (Å²) in [5, 5.41) is 13.4. The largest absolute Gasteiger partial charge is 0.497 e. The molecule has 0 spiro atoms. The van der Waals surface area contributed by atoms with E-state index in [1.165, 1.54) is 37.5 Å². The van der Waals surface area contributed by atoms with Gasteiger partial charge in [0.15, 0.2) is 0 Å². The minimum Gasteiger partial charge on any atom is -0.497 e. The summed E-state index contributed by atoms with van der Waals surface area (Å²) in [6.07, 6.45) is 1.41. The molecule has 1 saturated heterocycles. The number of non-ortho nitro benzene ring substituents is 1. The number of amides is 4. The van der Waals surface area contributed by atoms with E-state index in [9.17, 15) is 24.5 Å². The van der Waals surface area contributed by atoms with Gasteiger partial charge in [0.2, 0.25) is 0 Å². The maximum atomic E-state index is 13.2. The summed E-state index contributed by atoms with van der Waals surface area (Å²) in [7, 11) is 1.50. The lowest BCUT2D eigenvalue weighted by Crippen LogP contribution is -2.54. The standard InChI is InChI=1S/C24H20N4O6/c1-14-11-16(15(2)26(14)18-5-4-6-19(13-18)28(32)33)12-21-22(29)25-24(31)27(23(21)30)17-7-9-20(34-3)10-8-17/h4-13H,1-3H3,(H,25,29,31)/b21-12+. The van der Waals surface area contributed by atoms with Crippen LogP contribution in [0.2, 0.25) is 0 Å². The van der Waals surface area contributed by atoms with E-state index in [1.807, 2.05) is 6.92 Å². The highest BCUT2D eigenvalue weighted by molar-refractivity contribution is 6.39. The quantitative estimate of drug-likeness (QED) is 0.268. The molecule has 4 rings (SSSR count). The number of nitrogens with one attached hydrogen (secondary N) is 1. The molecule has 0 atom stereocenters. The Bertz CT molecular complexity index is 1370. The van der Waals surface area contributed by atoms with E-state index in [0.29, 0.717) is 22.7 Å². The first-order valence-electron chi connectivity index (χ1n) is 10.2. The number of carbonyl (C=O) groups excluding carboxylic acids is 3. The molecule has 1 aromatic heterocycles. The Hall–Kier alpha value is -4.73. The van der Waals surface area contributed by atoms with Crippen LogP contribution in [-0.2, 0) is 9.59 Å². The van der Waals surface area contributed by atoms with Gasteiger partial charge in [-0.05, 0) is 61.9 Å². The van der Waals surface area contributed by atoms with Gasteiger partial charge in [-0.1, -0.05) is 6.07 Å². The number of ether oxygens (including phenoxy) is 1. The predicted octanol–water partition coefficient (Wildman–Crippen LogP) is 3.68. The lowest BCUT2D eigenvalue weighted by Gasteiger charge is -2.26. The van der Waals surface area contributed by atoms with Gasteiger partial charge in [0.1, 0.15) is 11.3 Å². The molecule has 2 aromatic carbocycles. The van der Waals surface area contributed by atoms with Crippen molar-refractivity contribution in [2.75, 3.05) is 12.0 Å². The number of anilines is 1. The van der Waals surface area contributed by atoms with Crippen molar-refractivity contribution in [3.8, 4) is 11.4 Å². The van der Waals surface area contributed by atoms with Crippen LogP contribution in [0.4, 0.5) is 16.2 Å². The van der Waals surface area contributed by atoms with Crippen LogP contribution in [0.3, 0.4) is 0 Å². The van der Waals surface area contributed by atoms with Crippen molar-refractivity contribution in [3.63, 3.8) is 0 Å². The van der Waals surface area contributed by atoms with E-state index in [4.69, 9.17) is 4.74 Å². The monoisotopic (exact) mass is 460 g/mol. The summed E-state index contributed by atoms with van der Waals surface area (Å²) < 4.78 is 6.89. The molecular weight excluding hydrogens is 440 g/mol. The predicted molar refractivity (Wildman–Crippen MR) is 124 cm³/mol. The maximum absolute atomic E-state index is 13.2. The van der Waals surface area contributed by atoms with E-state index in [-0.39, 0.29) is 16.9 Å². The number of benzene rings is 2. The third-order valence-corrected chi connectivity index (χ3v) is 5.50. The average molecular weight is 460 g/mol. The Balaban J connectivity index is 1.74. The fourth-order valence-electron chi connectivity index (χ4n) is 3.86. The van der Waals surface area contributed by atoms with Gasteiger partial charge < -0.3 is 9.30 Å². The van der Waals surface area contributed by atoms with Crippen LogP contribution in [-0.4, -0.2) is 34.4 Å². The molecule has 10 nitrogen and oxygen atoms in total. The topological polar surface area (TPSA) is 124 Å². The highest BCUT2D eigenvalue weighted by atomic mass is 16.6. The van der Waals surface area contributed by atoms with E-state index >= 15 is 0 Å². The summed E-state index contributed by atoms with van der Waals surface area (Å²) in [5.41, 5.74) is 2.56. The van der Waals surface area contributed by atoms with Crippen molar-refractivity contribution in [3.05, 3.63) is 87.2 Å². The normalized spacial score (nSPS) is 15.0. The summed E-state index contributed by atoms with van der Waals surface area (Å²) in [6.45, 7) is 3.58. The third kappa shape index (κ3) is 3.92. The van der Waals surface area contributed by atoms with Crippen molar-refractivity contribution < 1.29 is 24.0 Å². The Morgan fingerprint density at radius 3 is 2.35 bits per heavy atom. The fourth-order valence-corrected chi connectivity index (χ4v) is 3.86. The molecule has 4 amide bonds. The van der Waals surface area contributed by atoms with Crippen LogP contribution in [0.5, 0.6) is 5.75 Å². The Labute approximate surface area is 194 Å². The zero-order chi connectivity index (χ0) is 24.6. The van der Waals surface area contributed by atoms with E-state index < -0.39 is 22.8 Å². The molecule has 1 fully saturated rings. The number of nitrogens with zero attached hydrogens (tertiary/aromatic N) is 3. The highest BCUT2D eigenvalue weighted by Crippen LogP contribution is 2.28. The summed E-state index contributed by atoms with van der Waals surface area (Å²) >= 11 is 0. The fraction of sp³-hybridized carbons (Fsp3) is 0.125. The zero-order valence-corrected chi connectivity index (χ0v) is 18.6. The molecule has 34 heavy (non-hydrogen) atoms. The number of urea groups is 1. The van der Waals surface area contributed by atoms with Crippen LogP contribution in [0.25, 0.3) is 11.8 Å². The van der Waals surface area contributed by atoms with Gasteiger partial charge in [0.05, 0.1) is 23.4 Å². The van der Waals surface area contributed by atoms with Gasteiger partial charge in [-0.25, -0.2) is 9.69 Å². The number of aryl methyl sites for hydroxylation is 1. The van der Waals surface area contributed by atoms with Gasteiger partial charge in [-0.3, -0.25) is 25.0 Å². The molecule has 0 aliphatic carbocycles. The van der Waals surface area contributed by atoms with Crippen LogP contribution in [0.15, 0.2) is 60.2 Å². The number of hydrogen-bond acceptors (Lipinski definition) is 6. The summed E-state index contributed by atoms with van der Waals surface area (Å²) in [5.74, 6) is -1.02. The lowest BCUT2D eigenvalue weighted by atomic mass is 10.1. The Kier molecular flexibility index (Phi) is 5.72. The smallest absolute Gasteiger partial charge is 0.335 e. The first-order valence-corrected chi connectivity index (χ1v) is 10.2.